The summed E-state index contributed by atoms with van der Waals surface area (Å²) in [6, 6.07) is 7.89. The number of ether oxygens (including phenoxy) is 1. The van der Waals surface area contributed by atoms with Crippen LogP contribution in [0, 0.1) is 5.82 Å². The van der Waals surface area contributed by atoms with Gasteiger partial charge >= 0.3 is 6.09 Å². The van der Waals surface area contributed by atoms with Gasteiger partial charge in [0.15, 0.2) is 5.65 Å². The van der Waals surface area contributed by atoms with Crippen LogP contribution in [0.2, 0.25) is 0 Å². The first-order valence-corrected chi connectivity index (χ1v) is 11.5. The third-order valence-corrected chi connectivity index (χ3v) is 5.78. The Morgan fingerprint density at radius 1 is 1.18 bits per heavy atom. The van der Waals surface area contributed by atoms with Crippen molar-refractivity contribution in [1.82, 2.24) is 24.4 Å². The maximum atomic E-state index is 13.3. The number of rotatable bonds is 3. The van der Waals surface area contributed by atoms with Crippen molar-refractivity contribution in [1.29, 1.82) is 0 Å². The van der Waals surface area contributed by atoms with E-state index in [1.165, 1.54) is 12.1 Å². The molecule has 2 amide bonds. The average Bonchev–Trinajstić information content (AvgIpc) is 3.21. The predicted octanol–water partition coefficient (Wildman–Crippen LogP) is 4.18. The standard InChI is InChI=1S/C25H30FN5O3/c1-6-17-13-20(18-7-9-19(26)10-8-18)28-31-15-21(27-22(17)31)23(32)29-11-12-30(16(2)14-29)24(33)34-25(3,4)5/h7-10,13,15-16H,6,11-12,14H2,1-5H3. The van der Waals surface area contributed by atoms with Gasteiger partial charge in [-0.1, -0.05) is 6.92 Å². The maximum absolute atomic E-state index is 13.3. The summed E-state index contributed by atoms with van der Waals surface area (Å²) < 4.78 is 20.4. The fourth-order valence-electron chi connectivity index (χ4n) is 4.06. The average molecular weight is 468 g/mol. The number of hydrogen-bond acceptors (Lipinski definition) is 5. The van der Waals surface area contributed by atoms with Crippen molar-refractivity contribution in [2.24, 2.45) is 0 Å². The highest BCUT2D eigenvalue weighted by Gasteiger charge is 2.33. The van der Waals surface area contributed by atoms with Gasteiger partial charge in [-0.3, -0.25) is 4.79 Å². The van der Waals surface area contributed by atoms with Gasteiger partial charge in [0.05, 0.1) is 11.9 Å². The minimum atomic E-state index is -0.572. The van der Waals surface area contributed by atoms with Crippen molar-refractivity contribution in [3.05, 3.63) is 53.6 Å². The zero-order valence-corrected chi connectivity index (χ0v) is 20.2. The van der Waals surface area contributed by atoms with Crippen molar-refractivity contribution < 1.29 is 18.7 Å². The van der Waals surface area contributed by atoms with Crippen LogP contribution in [0.25, 0.3) is 16.9 Å². The van der Waals surface area contributed by atoms with Crippen molar-refractivity contribution >= 4 is 17.6 Å². The number of carbonyl (C=O) groups is 2. The van der Waals surface area contributed by atoms with E-state index in [-0.39, 0.29) is 23.9 Å². The summed E-state index contributed by atoms with van der Waals surface area (Å²) in [5, 5.41) is 4.61. The molecule has 3 aromatic rings. The molecular weight excluding hydrogens is 437 g/mol. The van der Waals surface area contributed by atoms with Gasteiger partial charge in [0.1, 0.15) is 17.1 Å². The van der Waals surface area contributed by atoms with Crippen molar-refractivity contribution in [3.63, 3.8) is 0 Å². The van der Waals surface area contributed by atoms with Crippen LogP contribution in [0.5, 0.6) is 0 Å². The van der Waals surface area contributed by atoms with Gasteiger partial charge in [-0.25, -0.2) is 18.7 Å². The summed E-state index contributed by atoms with van der Waals surface area (Å²) >= 11 is 0. The second kappa shape index (κ2) is 9.04. The number of benzene rings is 1. The molecule has 2 aromatic heterocycles. The SMILES string of the molecule is CCc1cc(-c2ccc(F)cc2)nn2cc(C(=O)N3CCN(C(=O)OC(C)(C)C)C(C)C3)nc12. The van der Waals surface area contributed by atoms with Gasteiger partial charge in [0.2, 0.25) is 0 Å². The van der Waals surface area contributed by atoms with Crippen LogP contribution in [-0.4, -0.2) is 67.7 Å². The maximum Gasteiger partial charge on any atom is 0.410 e. The van der Waals surface area contributed by atoms with Crippen LogP contribution in [0.3, 0.4) is 0 Å². The van der Waals surface area contributed by atoms with E-state index in [1.54, 1.807) is 32.6 Å². The molecule has 0 radical (unpaired) electrons. The number of amides is 2. The Kier molecular flexibility index (Phi) is 6.29. The lowest BCUT2D eigenvalue weighted by Crippen LogP contribution is -2.56. The first-order valence-electron chi connectivity index (χ1n) is 11.5. The fourth-order valence-corrected chi connectivity index (χ4v) is 4.06. The van der Waals surface area contributed by atoms with Crippen LogP contribution >= 0.6 is 0 Å². The number of carbonyl (C=O) groups excluding carboxylic acids is 2. The van der Waals surface area contributed by atoms with Gasteiger partial charge in [-0.2, -0.15) is 5.10 Å². The Balaban J connectivity index is 1.55. The number of imidazole rings is 1. The van der Waals surface area contributed by atoms with Crippen LogP contribution < -0.4 is 0 Å². The molecule has 0 N–H and O–H groups in total. The summed E-state index contributed by atoms with van der Waals surface area (Å²) in [6.07, 6.45) is 1.97. The van der Waals surface area contributed by atoms with Gasteiger partial charge < -0.3 is 14.5 Å². The molecule has 0 spiro atoms. The highest BCUT2D eigenvalue weighted by molar-refractivity contribution is 5.93. The Morgan fingerprint density at radius 2 is 1.88 bits per heavy atom. The first kappa shape index (κ1) is 23.7. The van der Waals surface area contributed by atoms with Crippen molar-refractivity contribution in [3.8, 4) is 11.3 Å². The van der Waals surface area contributed by atoms with Crippen LogP contribution in [-0.2, 0) is 11.2 Å². The molecule has 1 aliphatic rings. The number of hydrogen-bond donors (Lipinski definition) is 0. The molecule has 1 unspecified atom stereocenters. The second-order valence-corrected chi connectivity index (χ2v) is 9.58. The Labute approximate surface area is 198 Å². The molecule has 4 rings (SSSR count). The molecule has 180 valence electrons. The lowest BCUT2D eigenvalue weighted by atomic mass is 10.1. The number of aromatic nitrogens is 3. The highest BCUT2D eigenvalue weighted by Crippen LogP contribution is 2.23. The molecule has 0 bridgehead atoms. The molecule has 1 aromatic carbocycles. The van der Waals surface area contributed by atoms with Crippen LogP contribution in [0.4, 0.5) is 9.18 Å². The third-order valence-electron chi connectivity index (χ3n) is 5.78. The predicted molar refractivity (Wildman–Crippen MR) is 126 cm³/mol. The van der Waals surface area contributed by atoms with E-state index >= 15 is 0 Å². The van der Waals surface area contributed by atoms with Crippen molar-refractivity contribution in [2.75, 3.05) is 19.6 Å². The van der Waals surface area contributed by atoms with Crippen LogP contribution in [0.15, 0.2) is 36.5 Å². The Morgan fingerprint density at radius 3 is 2.50 bits per heavy atom. The number of fused-ring (bicyclic) bond motifs is 1. The number of piperazine rings is 1. The molecule has 0 aliphatic carbocycles. The Hall–Kier alpha value is -3.49. The van der Waals surface area contributed by atoms with Gasteiger partial charge in [0, 0.05) is 31.2 Å². The fraction of sp³-hybridized carbons (Fsp3) is 0.440. The summed E-state index contributed by atoms with van der Waals surface area (Å²) in [4.78, 5) is 33.7. The number of aryl methyl sites for hydroxylation is 1. The van der Waals surface area contributed by atoms with Crippen LogP contribution in [0.1, 0.15) is 50.7 Å². The summed E-state index contributed by atoms with van der Waals surface area (Å²) in [5.74, 6) is -0.511. The summed E-state index contributed by atoms with van der Waals surface area (Å²) in [5.41, 5.74) is 2.76. The minimum Gasteiger partial charge on any atom is -0.444 e. The van der Waals surface area contributed by atoms with Crippen molar-refractivity contribution in [2.45, 2.75) is 52.7 Å². The molecule has 1 atom stereocenters. The van der Waals surface area contributed by atoms with E-state index in [1.807, 2.05) is 40.7 Å². The van der Waals surface area contributed by atoms with Gasteiger partial charge in [0.25, 0.3) is 5.91 Å². The lowest BCUT2D eigenvalue weighted by molar-refractivity contribution is 0.00191. The molecule has 0 saturated carbocycles. The normalized spacial score (nSPS) is 16.7. The monoisotopic (exact) mass is 467 g/mol. The van der Waals surface area contributed by atoms with E-state index in [0.717, 1.165) is 11.1 Å². The van der Waals surface area contributed by atoms with Gasteiger partial charge in [-0.15, -0.1) is 0 Å². The Bertz CT molecular complexity index is 1220. The van der Waals surface area contributed by atoms with E-state index in [0.29, 0.717) is 43.1 Å². The molecule has 9 heteroatoms. The molecule has 1 aliphatic heterocycles. The number of halogens is 1. The molecule has 8 nitrogen and oxygen atoms in total. The zero-order valence-electron chi connectivity index (χ0n) is 20.2. The highest BCUT2D eigenvalue weighted by atomic mass is 19.1. The van der Waals surface area contributed by atoms with Gasteiger partial charge in [-0.05, 0) is 70.0 Å². The molecule has 34 heavy (non-hydrogen) atoms. The zero-order chi connectivity index (χ0) is 24.6. The molecule has 3 heterocycles. The smallest absolute Gasteiger partial charge is 0.410 e. The second-order valence-electron chi connectivity index (χ2n) is 9.58. The van der Waals surface area contributed by atoms with E-state index in [4.69, 9.17) is 4.74 Å². The lowest BCUT2D eigenvalue weighted by Gasteiger charge is -2.40. The third kappa shape index (κ3) is 4.88. The molecular formula is C25H30FN5O3. The molecule has 1 fully saturated rings. The topological polar surface area (TPSA) is 80.0 Å². The molecule has 1 saturated heterocycles. The first-order chi connectivity index (χ1) is 16.1. The summed E-state index contributed by atoms with van der Waals surface area (Å²) in [6.45, 7) is 10.6. The van der Waals surface area contributed by atoms with E-state index < -0.39 is 5.60 Å². The quantitative estimate of drug-likeness (QED) is 0.577. The van der Waals surface area contributed by atoms with E-state index in [2.05, 4.69) is 10.1 Å². The minimum absolute atomic E-state index is 0.181. The van der Waals surface area contributed by atoms with E-state index in [9.17, 15) is 14.0 Å². The number of nitrogens with zero attached hydrogens (tertiary/aromatic N) is 5. The summed E-state index contributed by atoms with van der Waals surface area (Å²) in [7, 11) is 0. The largest absolute Gasteiger partial charge is 0.444 e.